The van der Waals surface area contributed by atoms with Crippen molar-refractivity contribution in [2.75, 3.05) is 0 Å². The van der Waals surface area contributed by atoms with E-state index in [9.17, 15) is 0 Å². The molecule has 0 aliphatic carbocycles. The summed E-state index contributed by atoms with van der Waals surface area (Å²) in [5.74, 6) is 0. The molecule has 1 unspecified atom stereocenters. The second-order valence-corrected chi connectivity index (χ2v) is 6.56. The first-order valence-corrected chi connectivity index (χ1v) is 7.65. The van der Waals surface area contributed by atoms with Gasteiger partial charge in [-0.25, -0.2) is 0 Å². The summed E-state index contributed by atoms with van der Waals surface area (Å²) in [6.45, 7) is 4.27. The topological polar surface area (TPSA) is 0 Å². The van der Waals surface area contributed by atoms with E-state index in [1.807, 2.05) is 0 Å². The Kier molecular flexibility index (Phi) is 4.29. The van der Waals surface area contributed by atoms with Crippen molar-refractivity contribution in [3.63, 3.8) is 0 Å². The number of thiophene rings is 1. The van der Waals surface area contributed by atoms with Crippen molar-refractivity contribution < 1.29 is 0 Å². The molecule has 17 heavy (non-hydrogen) atoms. The predicted octanol–water partition coefficient (Wildman–Crippen LogP) is 5.71. The lowest BCUT2D eigenvalue weighted by molar-refractivity contribution is 1.05. The van der Waals surface area contributed by atoms with Crippen LogP contribution in [0.15, 0.2) is 34.8 Å². The van der Waals surface area contributed by atoms with Crippen LogP contribution in [0.1, 0.15) is 33.2 Å². The molecule has 0 N–H and O–H groups in total. The monoisotopic (exact) mass is 328 g/mol. The molecule has 2 aromatic rings. The van der Waals surface area contributed by atoms with E-state index in [1.54, 1.807) is 11.3 Å². The van der Waals surface area contributed by atoms with Gasteiger partial charge in [0.1, 0.15) is 0 Å². The van der Waals surface area contributed by atoms with E-state index in [1.165, 1.54) is 20.9 Å². The van der Waals surface area contributed by atoms with Crippen LogP contribution >= 0.6 is 38.9 Å². The molecule has 0 saturated heterocycles. The predicted molar refractivity (Wildman–Crippen MR) is 80.3 cm³/mol. The maximum absolute atomic E-state index is 6.61. The third-order valence-corrected chi connectivity index (χ3v) is 5.39. The summed E-state index contributed by atoms with van der Waals surface area (Å²) in [6, 6.07) is 10.5. The van der Waals surface area contributed by atoms with Crippen LogP contribution < -0.4 is 0 Å². The number of halogens is 2. The number of benzene rings is 1. The third kappa shape index (κ3) is 2.75. The Morgan fingerprint density at radius 1 is 1.35 bits per heavy atom. The summed E-state index contributed by atoms with van der Waals surface area (Å²) in [4.78, 5) is 2.48. The number of rotatable bonds is 3. The minimum absolute atomic E-state index is 0.0563. The molecule has 0 spiro atoms. The standard InChI is InChI=1S/C14H14BrClS/c1-3-10-6-4-5-7-11(10)13(16)14-12(15)8-9(2)17-14/h4-8,13H,3H2,1-2H3. The fraction of sp³-hybridized carbons (Fsp3) is 0.286. The minimum Gasteiger partial charge on any atom is -0.143 e. The molecular weight excluding hydrogens is 316 g/mol. The van der Waals surface area contributed by atoms with Crippen LogP contribution in [0.3, 0.4) is 0 Å². The lowest BCUT2D eigenvalue weighted by atomic mass is 10.0. The lowest BCUT2D eigenvalue weighted by Crippen LogP contribution is -1.96. The Morgan fingerprint density at radius 3 is 2.65 bits per heavy atom. The zero-order valence-corrected chi connectivity index (χ0v) is 13.0. The van der Waals surface area contributed by atoms with Crippen molar-refractivity contribution in [3.8, 4) is 0 Å². The first-order chi connectivity index (χ1) is 8.13. The number of hydrogen-bond donors (Lipinski definition) is 0. The van der Waals surface area contributed by atoms with Gasteiger partial charge in [-0.2, -0.15) is 0 Å². The molecule has 1 atom stereocenters. The van der Waals surface area contributed by atoms with Gasteiger partial charge >= 0.3 is 0 Å². The van der Waals surface area contributed by atoms with Crippen molar-refractivity contribution in [2.45, 2.75) is 25.6 Å². The van der Waals surface area contributed by atoms with Crippen molar-refractivity contribution >= 4 is 38.9 Å². The van der Waals surface area contributed by atoms with Gasteiger partial charge in [0.05, 0.1) is 5.38 Å². The quantitative estimate of drug-likeness (QED) is 0.633. The third-order valence-electron chi connectivity index (χ3n) is 2.78. The van der Waals surface area contributed by atoms with E-state index in [4.69, 9.17) is 11.6 Å². The molecule has 1 aromatic heterocycles. The van der Waals surface area contributed by atoms with Crippen LogP contribution in [-0.2, 0) is 6.42 Å². The zero-order valence-electron chi connectivity index (χ0n) is 9.84. The summed E-state index contributed by atoms with van der Waals surface area (Å²) in [6.07, 6.45) is 1.02. The SMILES string of the molecule is CCc1ccccc1C(Cl)c1sc(C)cc1Br. The smallest absolute Gasteiger partial charge is 0.0941 e. The molecule has 0 fully saturated rings. The average molecular weight is 330 g/mol. The zero-order chi connectivity index (χ0) is 12.4. The second kappa shape index (κ2) is 5.55. The Labute approximate surface area is 120 Å². The van der Waals surface area contributed by atoms with Crippen molar-refractivity contribution in [3.05, 3.63) is 55.7 Å². The van der Waals surface area contributed by atoms with Gasteiger partial charge in [-0.1, -0.05) is 31.2 Å². The molecule has 1 aromatic carbocycles. The highest BCUT2D eigenvalue weighted by Gasteiger charge is 2.18. The van der Waals surface area contributed by atoms with Crippen LogP contribution in [0.25, 0.3) is 0 Å². The van der Waals surface area contributed by atoms with Gasteiger partial charge in [0, 0.05) is 14.2 Å². The number of aryl methyl sites for hydroxylation is 2. The molecule has 0 radical (unpaired) electrons. The first kappa shape index (κ1) is 13.1. The highest BCUT2D eigenvalue weighted by atomic mass is 79.9. The molecule has 0 aliphatic rings. The molecule has 0 bridgehead atoms. The maximum atomic E-state index is 6.61. The summed E-state index contributed by atoms with van der Waals surface area (Å²) in [5.41, 5.74) is 2.55. The minimum atomic E-state index is -0.0563. The summed E-state index contributed by atoms with van der Waals surface area (Å²) >= 11 is 12.0. The molecule has 0 nitrogen and oxygen atoms in total. The highest BCUT2D eigenvalue weighted by Crippen LogP contribution is 2.40. The number of hydrogen-bond acceptors (Lipinski definition) is 1. The van der Waals surface area contributed by atoms with Crippen molar-refractivity contribution in [1.29, 1.82) is 0 Å². The van der Waals surface area contributed by atoms with Crippen LogP contribution in [0.5, 0.6) is 0 Å². The summed E-state index contributed by atoms with van der Waals surface area (Å²) in [5, 5.41) is -0.0563. The van der Waals surface area contributed by atoms with E-state index in [0.717, 1.165) is 10.9 Å². The van der Waals surface area contributed by atoms with Gasteiger partial charge in [0.2, 0.25) is 0 Å². The van der Waals surface area contributed by atoms with Gasteiger partial charge in [-0.05, 0) is 46.5 Å². The fourth-order valence-corrected chi connectivity index (χ4v) is 4.39. The van der Waals surface area contributed by atoms with E-state index in [0.29, 0.717) is 0 Å². The van der Waals surface area contributed by atoms with Gasteiger partial charge in [-0.15, -0.1) is 22.9 Å². The van der Waals surface area contributed by atoms with Crippen LogP contribution in [0, 0.1) is 6.92 Å². The molecule has 1 heterocycles. The van der Waals surface area contributed by atoms with Gasteiger partial charge in [0.15, 0.2) is 0 Å². The average Bonchev–Trinajstić information content (AvgIpc) is 2.67. The van der Waals surface area contributed by atoms with Crippen LogP contribution in [-0.4, -0.2) is 0 Å². The molecule has 3 heteroatoms. The molecule has 0 amide bonds. The highest BCUT2D eigenvalue weighted by molar-refractivity contribution is 9.10. The van der Waals surface area contributed by atoms with Gasteiger partial charge in [-0.3, -0.25) is 0 Å². The molecule has 0 saturated carbocycles. The van der Waals surface area contributed by atoms with Crippen LogP contribution in [0.2, 0.25) is 0 Å². The first-order valence-electron chi connectivity index (χ1n) is 5.61. The number of alkyl halides is 1. The van der Waals surface area contributed by atoms with E-state index < -0.39 is 0 Å². The van der Waals surface area contributed by atoms with Crippen molar-refractivity contribution in [2.24, 2.45) is 0 Å². The Morgan fingerprint density at radius 2 is 2.06 bits per heavy atom. The molecular formula is C14H14BrClS. The molecule has 2 rings (SSSR count). The van der Waals surface area contributed by atoms with E-state index in [-0.39, 0.29) is 5.38 Å². The summed E-state index contributed by atoms with van der Waals surface area (Å²) < 4.78 is 1.12. The van der Waals surface area contributed by atoms with Gasteiger partial charge < -0.3 is 0 Å². The van der Waals surface area contributed by atoms with Crippen molar-refractivity contribution in [1.82, 2.24) is 0 Å². The Bertz CT molecular complexity index is 519. The fourth-order valence-electron chi connectivity index (χ4n) is 1.92. The second-order valence-electron chi connectivity index (χ2n) is 3.98. The lowest BCUT2D eigenvalue weighted by Gasteiger charge is -2.13. The molecule has 90 valence electrons. The molecule has 0 aliphatic heterocycles. The van der Waals surface area contributed by atoms with E-state index >= 15 is 0 Å². The summed E-state index contributed by atoms with van der Waals surface area (Å²) in [7, 11) is 0. The normalized spacial score (nSPS) is 12.7. The Hall–Kier alpha value is -0.310. The van der Waals surface area contributed by atoms with Gasteiger partial charge in [0.25, 0.3) is 0 Å². The van der Waals surface area contributed by atoms with E-state index in [2.05, 4.69) is 60.1 Å². The largest absolute Gasteiger partial charge is 0.143 e. The maximum Gasteiger partial charge on any atom is 0.0941 e. The van der Waals surface area contributed by atoms with Crippen LogP contribution in [0.4, 0.5) is 0 Å². The Balaban J connectivity index is 2.43.